The second kappa shape index (κ2) is 18.5. The predicted molar refractivity (Wildman–Crippen MR) is 253 cm³/mol. The zero-order valence-corrected chi connectivity index (χ0v) is 39.6. The van der Waals surface area contributed by atoms with Crippen LogP contribution in [0.1, 0.15) is 53.3 Å². The molecule has 0 fully saturated rings. The summed E-state index contributed by atoms with van der Waals surface area (Å²) in [5.74, 6) is 0.501. The van der Waals surface area contributed by atoms with E-state index in [9.17, 15) is 0 Å². The molecule has 0 unspecified atom stereocenters. The van der Waals surface area contributed by atoms with Crippen molar-refractivity contribution in [3.8, 4) is 44.8 Å². The molecule has 1 radical (unpaired) electrons. The molecule has 0 atom stereocenters. The Kier molecular flexibility index (Phi) is 13.1. The van der Waals surface area contributed by atoms with Crippen molar-refractivity contribution in [2.24, 2.45) is 0 Å². The second-order valence-corrected chi connectivity index (χ2v) is 22.2. The number of hydrogen-bond donors (Lipinski definition) is 0. The fourth-order valence-corrected chi connectivity index (χ4v) is 9.93. The SMILES string of the molecule is CC(C)c1cc(-c2[c-]ccc(-c3ccccc3)c2)ncc1[Si](C)(C)C.Cc1cc(C)c(-c2ccnc(-c3[c-]ccc4c3oc3ccc(Cc5ccccc5)nc34)c2)c(C)c1.[Ir]. The van der Waals surface area contributed by atoms with Crippen molar-refractivity contribution < 1.29 is 24.5 Å². The monoisotopic (exact) mass is 990 g/mol. The predicted octanol–water partition coefficient (Wildman–Crippen LogP) is 13.9. The van der Waals surface area contributed by atoms with E-state index in [0.717, 1.165) is 62.3 Å². The van der Waals surface area contributed by atoms with Gasteiger partial charge in [0.2, 0.25) is 0 Å². The molecule has 0 spiro atoms. The normalized spacial score (nSPS) is 11.4. The van der Waals surface area contributed by atoms with Gasteiger partial charge in [0.05, 0.1) is 19.2 Å². The molecule has 4 aromatic heterocycles. The zero-order chi connectivity index (χ0) is 42.0. The van der Waals surface area contributed by atoms with Gasteiger partial charge in [0, 0.05) is 44.6 Å². The average molecular weight is 990 g/mol. The molecular formula is C55H51IrN3OSi-2. The van der Waals surface area contributed by atoms with Crippen LogP contribution in [-0.2, 0) is 26.5 Å². The minimum absolute atomic E-state index is 0. The molecule has 4 heterocycles. The van der Waals surface area contributed by atoms with Crippen LogP contribution < -0.4 is 5.19 Å². The Morgan fingerprint density at radius 2 is 1.38 bits per heavy atom. The van der Waals surface area contributed by atoms with Crippen molar-refractivity contribution >= 4 is 35.3 Å². The Balaban J connectivity index is 0.000000192. The molecule has 9 aromatic rings. The number of fused-ring (bicyclic) bond motifs is 3. The maximum atomic E-state index is 6.32. The van der Waals surface area contributed by atoms with Crippen LogP contribution in [0.3, 0.4) is 0 Å². The molecule has 4 nitrogen and oxygen atoms in total. The minimum Gasteiger partial charge on any atom is -0.499 e. The Morgan fingerprint density at radius 1 is 0.672 bits per heavy atom. The fraction of sp³-hybridized carbons (Fsp3) is 0.182. The number of aromatic nitrogens is 3. The Hall–Kier alpha value is -5.78. The van der Waals surface area contributed by atoms with Crippen LogP contribution in [0.4, 0.5) is 0 Å². The quantitative estimate of drug-likeness (QED) is 0.112. The van der Waals surface area contributed by atoms with E-state index in [4.69, 9.17) is 19.4 Å². The molecule has 0 N–H and O–H groups in total. The van der Waals surface area contributed by atoms with Gasteiger partial charge in [-0.3, -0.25) is 4.98 Å². The molecule has 0 bridgehead atoms. The van der Waals surface area contributed by atoms with Crippen LogP contribution in [0.15, 0.2) is 150 Å². The third-order valence-corrected chi connectivity index (χ3v) is 13.1. The van der Waals surface area contributed by atoms with Gasteiger partial charge in [-0.1, -0.05) is 135 Å². The number of nitrogens with zero attached hydrogens (tertiary/aromatic N) is 3. The smallest absolute Gasteiger partial charge is 0.139 e. The summed E-state index contributed by atoms with van der Waals surface area (Å²) in [5, 5.41) is 2.45. The number of rotatable bonds is 8. The maximum absolute atomic E-state index is 6.32. The van der Waals surface area contributed by atoms with Gasteiger partial charge in [0.1, 0.15) is 5.58 Å². The molecule has 0 aliphatic carbocycles. The van der Waals surface area contributed by atoms with E-state index in [1.54, 1.807) is 0 Å². The van der Waals surface area contributed by atoms with Crippen molar-refractivity contribution in [1.29, 1.82) is 0 Å². The van der Waals surface area contributed by atoms with E-state index >= 15 is 0 Å². The molecule has 307 valence electrons. The van der Waals surface area contributed by atoms with Gasteiger partial charge in [-0.15, -0.1) is 53.6 Å². The minimum atomic E-state index is -1.40. The van der Waals surface area contributed by atoms with Crippen molar-refractivity contribution in [3.63, 3.8) is 0 Å². The summed E-state index contributed by atoms with van der Waals surface area (Å²) < 4.78 is 6.32. The van der Waals surface area contributed by atoms with E-state index in [2.05, 4.69) is 164 Å². The second-order valence-electron chi connectivity index (χ2n) is 17.1. The van der Waals surface area contributed by atoms with Crippen LogP contribution in [-0.4, -0.2) is 23.0 Å². The van der Waals surface area contributed by atoms with E-state index in [1.165, 1.54) is 49.7 Å². The van der Waals surface area contributed by atoms with E-state index in [1.807, 2.05) is 48.7 Å². The molecule has 9 rings (SSSR count). The number of aryl methyl sites for hydroxylation is 3. The van der Waals surface area contributed by atoms with Gasteiger partial charge in [0.25, 0.3) is 0 Å². The molecular weight excluding hydrogens is 939 g/mol. The van der Waals surface area contributed by atoms with Crippen LogP contribution >= 0.6 is 0 Å². The fourth-order valence-electron chi connectivity index (χ4n) is 8.25. The summed E-state index contributed by atoms with van der Waals surface area (Å²) in [6.45, 7) is 18.2. The van der Waals surface area contributed by atoms with Crippen molar-refractivity contribution in [2.75, 3.05) is 0 Å². The average Bonchev–Trinajstić information content (AvgIpc) is 3.62. The molecule has 0 amide bonds. The summed E-state index contributed by atoms with van der Waals surface area (Å²) in [4.78, 5) is 14.5. The summed E-state index contributed by atoms with van der Waals surface area (Å²) in [7, 11) is -1.40. The van der Waals surface area contributed by atoms with Gasteiger partial charge >= 0.3 is 0 Å². The van der Waals surface area contributed by atoms with E-state index in [-0.39, 0.29) is 20.1 Å². The molecule has 0 saturated carbocycles. The van der Waals surface area contributed by atoms with Crippen molar-refractivity contribution in [1.82, 2.24) is 15.0 Å². The number of hydrogen-bond acceptors (Lipinski definition) is 4. The Morgan fingerprint density at radius 3 is 2.08 bits per heavy atom. The summed E-state index contributed by atoms with van der Waals surface area (Å²) in [5.41, 5.74) is 18.5. The molecule has 5 aromatic carbocycles. The van der Waals surface area contributed by atoms with Crippen LogP contribution in [0.2, 0.25) is 19.6 Å². The van der Waals surface area contributed by atoms with Gasteiger partial charge in [-0.25, -0.2) is 0 Å². The van der Waals surface area contributed by atoms with Crippen LogP contribution in [0.5, 0.6) is 0 Å². The zero-order valence-electron chi connectivity index (χ0n) is 36.2. The summed E-state index contributed by atoms with van der Waals surface area (Å²) >= 11 is 0. The first-order valence-corrected chi connectivity index (χ1v) is 24.3. The molecule has 61 heavy (non-hydrogen) atoms. The van der Waals surface area contributed by atoms with Crippen LogP contribution in [0, 0.1) is 32.9 Å². The van der Waals surface area contributed by atoms with Crippen LogP contribution in [0.25, 0.3) is 66.8 Å². The largest absolute Gasteiger partial charge is 0.499 e. The maximum Gasteiger partial charge on any atom is 0.139 e. The number of pyridine rings is 3. The third kappa shape index (κ3) is 9.58. The number of furan rings is 1. The molecule has 0 aliphatic heterocycles. The molecule has 0 aliphatic rings. The number of benzene rings is 5. The van der Waals surface area contributed by atoms with Crippen molar-refractivity contribution in [3.05, 3.63) is 191 Å². The van der Waals surface area contributed by atoms with E-state index < -0.39 is 8.07 Å². The third-order valence-electron chi connectivity index (χ3n) is 11.1. The Bertz CT molecular complexity index is 2930. The molecule has 6 heteroatoms. The Labute approximate surface area is 375 Å². The standard InChI is InChI=1S/C32H25N2O.C23H26NSi.Ir/c1-20-16-21(2)30(22(3)17-20)24-14-15-33-28(19-24)26-10-7-11-27-31-29(35-32(26)27)13-12-25(34-31)18-23-8-5-4-6-9-23;1-17(2)21-15-22(24-16-23(21)25(3,4)5)20-13-9-12-19(14-20)18-10-7-6-8-11-18;/h4-9,11-17,19H,18H2,1-3H3;6-12,14-17H,1-5H3;/q2*-1;. The molecule has 0 saturated heterocycles. The first kappa shape index (κ1) is 43.3. The first-order valence-electron chi connectivity index (χ1n) is 20.8. The van der Waals surface area contributed by atoms with Crippen molar-refractivity contribution in [2.45, 2.75) is 66.6 Å². The van der Waals surface area contributed by atoms with E-state index in [0.29, 0.717) is 5.92 Å². The van der Waals surface area contributed by atoms with Gasteiger partial charge in [0.15, 0.2) is 0 Å². The summed E-state index contributed by atoms with van der Waals surface area (Å²) in [6, 6.07) is 52.9. The van der Waals surface area contributed by atoms with Gasteiger partial charge in [-0.05, 0) is 100 Å². The van der Waals surface area contributed by atoms with Gasteiger partial charge in [-0.2, -0.15) is 0 Å². The van der Waals surface area contributed by atoms with Gasteiger partial charge < -0.3 is 14.4 Å². The summed E-state index contributed by atoms with van der Waals surface area (Å²) in [6.07, 6.45) is 4.77. The first-order chi connectivity index (χ1) is 28.9. The topological polar surface area (TPSA) is 51.8 Å².